The molecule has 0 radical (unpaired) electrons. The monoisotopic (exact) mass is 279 g/mol. The van der Waals surface area contributed by atoms with Gasteiger partial charge < -0.3 is 30.2 Å². The van der Waals surface area contributed by atoms with Crippen molar-refractivity contribution in [3.63, 3.8) is 0 Å². The summed E-state index contributed by atoms with van der Waals surface area (Å²) in [6.07, 6.45) is -3.46. The molecule has 0 aromatic heterocycles. The number of nitrogens with two attached hydrogens (primary N) is 1. The van der Waals surface area contributed by atoms with Gasteiger partial charge in [-0.1, -0.05) is 0 Å². The minimum Gasteiger partial charge on any atom is -0.463 e. The van der Waals surface area contributed by atoms with E-state index in [4.69, 9.17) is 25.1 Å². The lowest BCUT2D eigenvalue weighted by atomic mass is 10.2. The highest BCUT2D eigenvalue weighted by molar-refractivity contribution is 5.66. The first-order chi connectivity index (χ1) is 8.77. The topological polar surface area (TPSA) is 128 Å². The SMILES string of the molecule is CC(=O)OCC(O[C@@H](OC(C)=O)[C@H](C)N)[C@H](O)CO. The van der Waals surface area contributed by atoms with Crippen LogP contribution < -0.4 is 5.73 Å². The van der Waals surface area contributed by atoms with Gasteiger partial charge in [-0.05, 0) is 6.92 Å². The summed E-state index contributed by atoms with van der Waals surface area (Å²) < 4.78 is 14.8. The maximum absolute atomic E-state index is 10.9. The summed E-state index contributed by atoms with van der Waals surface area (Å²) in [5.74, 6) is -1.17. The number of aliphatic hydroxyl groups is 2. The Labute approximate surface area is 111 Å². The van der Waals surface area contributed by atoms with Gasteiger partial charge in [-0.25, -0.2) is 0 Å². The van der Waals surface area contributed by atoms with Gasteiger partial charge in [0.2, 0.25) is 6.29 Å². The zero-order chi connectivity index (χ0) is 15.0. The van der Waals surface area contributed by atoms with Crippen molar-refractivity contribution < 1.29 is 34.0 Å². The second kappa shape index (κ2) is 8.81. The highest BCUT2D eigenvalue weighted by atomic mass is 16.7. The van der Waals surface area contributed by atoms with Gasteiger partial charge in [0.05, 0.1) is 12.6 Å². The standard InChI is InChI=1S/C11H21NO7/c1-6(12)11(18-8(3)15)19-10(9(16)4-13)5-17-7(2)14/h6,9-11,13,16H,4-5,12H2,1-3H3/t6-,9+,10?,11+/m0/s1. The molecule has 4 N–H and O–H groups in total. The Bertz CT molecular complexity index is 295. The van der Waals surface area contributed by atoms with Crippen LogP contribution in [0, 0.1) is 0 Å². The Hall–Kier alpha value is -1.22. The minimum atomic E-state index is -1.30. The number of carbonyl (C=O) groups is 2. The van der Waals surface area contributed by atoms with Gasteiger partial charge in [-0.2, -0.15) is 0 Å². The van der Waals surface area contributed by atoms with Crippen LogP contribution in [-0.2, 0) is 23.8 Å². The van der Waals surface area contributed by atoms with E-state index in [1.807, 2.05) is 0 Å². The fraction of sp³-hybridized carbons (Fsp3) is 0.818. The predicted octanol–water partition coefficient (Wildman–Crippen LogP) is -1.48. The zero-order valence-electron chi connectivity index (χ0n) is 11.2. The van der Waals surface area contributed by atoms with Crippen molar-refractivity contribution >= 4 is 11.9 Å². The van der Waals surface area contributed by atoms with E-state index in [0.29, 0.717) is 0 Å². The molecule has 8 heteroatoms. The molecule has 1 unspecified atom stereocenters. The van der Waals surface area contributed by atoms with Crippen LogP contribution in [0.5, 0.6) is 0 Å². The average Bonchev–Trinajstić information content (AvgIpc) is 2.30. The van der Waals surface area contributed by atoms with Crippen molar-refractivity contribution in [3.05, 3.63) is 0 Å². The number of hydrogen-bond acceptors (Lipinski definition) is 8. The number of rotatable bonds is 8. The van der Waals surface area contributed by atoms with E-state index < -0.39 is 43.1 Å². The lowest BCUT2D eigenvalue weighted by Gasteiger charge is -2.28. The molecule has 0 aromatic carbocycles. The molecular formula is C11H21NO7. The predicted molar refractivity (Wildman–Crippen MR) is 63.8 cm³/mol. The molecule has 112 valence electrons. The Balaban J connectivity index is 4.64. The van der Waals surface area contributed by atoms with Crippen molar-refractivity contribution in [2.75, 3.05) is 13.2 Å². The summed E-state index contributed by atoms with van der Waals surface area (Å²) in [6, 6.07) is -0.658. The highest BCUT2D eigenvalue weighted by Gasteiger charge is 2.28. The molecule has 0 bridgehead atoms. The Morgan fingerprint density at radius 1 is 1.26 bits per heavy atom. The maximum Gasteiger partial charge on any atom is 0.304 e. The molecule has 8 nitrogen and oxygen atoms in total. The van der Waals surface area contributed by atoms with Crippen molar-refractivity contribution in [2.24, 2.45) is 5.73 Å². The molecule has 0 aliphatic rings. The second-order valence-electron chi connectivity index (χ2n) is 4.06. The van der Waals surface area contributed by atoms with E-state index in [-0.39, 0.29) is 6.61 Å². The zero-order valence-corrected chi connectivity index (χ0v) is 11.2. The van der Waals surface area contributed by atoms with Gasteiger partial charge >= 0.3 is 11.9 Å². The van der Waals surface area contributed by atoms with Crippen LogP contribution in [0.4, 0.5) is 0 Å². The Morgan fingerprint density at radius 2 is 1.84 bits per heavy atom. The van der Waals surface area contributed by atoms with Crippen LogP contribution in [0.3, 0.4) is 0 Å². The second-order valence-corrected chi connectivity index (χ2v) is 4.06. The van der Waals surface area contributed by atoms with Gasteiger partial charge in [0.15, 0.2) is 0 Å². The van der Waals surface area contributed by atoms with Crippen LogP contribution >= 0.6 is 0 Å². The third-order valence-corrected chi connectivity index (χ3v) is 2.09. The summed E-state index contributed by atoms with van der Waals surface area (Å²) in [6.45, 7) is 3.03. The van der Waals surface area contributed by atoms with Crippen molar-refractivity contribution in [3.8, 4) is 0 Å². The van der Waals surface area contributed by atoms with Crippen LogP contribution in [0.15, 0.2) is 0 Å². The summed E-state index contributed by atoms with van der Waals surface area (Å²) in [5.41, 5.74) is 5.58. The molecule has 19 heavy (non-hydrogen) atoms. The molecule has 0 fully saturated rings. The van der Waals surface area contributed by atoms with E-state index >= 15 is 0 Å². The minimum absolute atomic E-state index is 0.290. The first kappa shape index (κ1) is 17.8. The summed E-state index contributed by atoms with van der Waals surface area (Å²) in [4.78, 5) is 21.6. The normalized spacial score (nSPS) is 17.2. The number of esters is 2. The lowest BCUT2D eigenvalue weighted by Crippen LogP contribution is -2.46. The average molecular weight is 279 g/mol. The van der Waals surface area contributed by atoms with Crippen LogP contribution in [0.1, 0.15) is 20.8 Å². The first-order valence-electron chi connectivity index (χ1n) is 5.78. The molecule has 0 aromatic rings. The lowest BCUT2D eigenvalue weighted by molar-refractivity contribution is -0.214. The summed E-state index contributed by atoms with van der Waals surface area (Å²) >= 11 is 0. The number of aliphatic hydroxyl groups excluding tert-OH is 2. The third kappa shape index (κ3) is 7.73. The molecule has 0 heterocycles. The van der Waals surface area contributed by atoms with Crippen LogP contribution in [0.2, 0.25) is 0 Å². The molecule has 0 rings (SSSR count). The summed E-state index contributed by atoms with van der Waals surface area (Å²) in [5, 5.41) is 18.4. The van der Waals surface area contributed by atoms with Crippen LogP contribution in [0.25, 0.3) is 0 Å². The van der Waals surface area contributed by atoms with E-state index in [1.165, 1.54) is 13.8 Å². The van der Waals surface area contributed by atoms with Crippen molar-refractivity contribution in [1.82, 2.24) is 0 Å². The van der Waals surface area contributed by atoms with Crippen LogP contribution in [-0.4, -0.2) is 59.9 Å². The summed E-state index contributed by atoms with van der Waals surface area (Å²) in [7, 11) is 0. The van der Waals surface area contributed by atoms with Crippen molar-refractivity contribution in [1.29, 1.82) is 0 Å². The number of carbonyl (C=O) groups excluding carboxylic acids is 2. The van der Waals surface area contributed by atoms with Gasteiger partial charge in [0, 0.05) is 13.8 Å². The number of hydrogen-bond donors (Lipinski definition) is 3. The Morgan fingerprint density at radius 3 is 2.21 bits per heavy atom. The largest absolute Gasteiger partial charge is 0.463 e. The number of ether oxygens (including phenoxy) is 3. The smallest absolute Gasteiger partial charge is 0.304 e. The maximum atomic E-state index is 10.9. The quantitative estimate of drug-likeness (QED) is 0.362. The molecule has 4 atom stereocenters. The molecular weight excluding hydrogens is 258 g/mol. The van der Waals surface area contributed by atoms with Gasteiger partial charge in [0.1, 0.15) is 18.8 Å². The fourth-order valence-electron chi connectivity index (χ4n) is 1.15. The van der Waals surface area contributed by atoms with Gasteiger partial charge in [0.25, 0.3) is 0 Å². The van der Waals surface area contributed by atoms with E-state index in [9.17, 15) is 14.7 Å². The molecule has 0 spiro atoms. The highest BCUT2D eigenvalue weighted by Crippen LogP contribution is 2.09. The van der Waals surface area contributed by atoms with E-state index in [0.717, 1.165) is 0 Å². The molecule has 0 saturated heterocycles. The molecule has 0 amide bonds. The van der Waals surface area contributed by atoms with Gasteiger partial charge in [-0.3, -0.25) is 9.59 Å². The van der Waals surface area contributed by atoms with E-state index in [1.54, 1.807) is 6.92 Å². The molecule has 0 aliphatic heterocycles. The fourth-order valence-corrected chi connectivity index (χ4v) is 1.15. The third-order valence-electron chi connectivity index (χ3n) is 2.09. The van der Waals surface area contributed by atoms with E-state index in [2.05, 4.69) is 0 Å². The Kier molecular flexibility index (Phi) is 8.24. The van der Waals surface area contributed by atoms with Crippen molar-refractivity contribution in [2.45, 2.75) is 45.3 Å². The van der Waals surface area contributed by atoms with Gasteiger partial charge in [-0.15, -0.1) is 0 Å². The molecule has 0 saturated carbocycles. The first-order valence-corrected chi connectivity index (χ1v) is 5.78. The molecule has 0 aliphatic carbocycles.